The maximum atomic E-state index is 10.6. The molecule has 1 aliphatic heterocycles. The van der Waals surface area contributed by atoms with E-state index in [-0.39, 0.29) is 5.57 Å². The maximum absolute atomic E-state index is 10.6. The second kappa shape index (κ2) is 5.28. The van der Waals surface area contributed by atoms with Gasteiger partial charge in [-0.25, -0.2) is 4.79 Å². The highest BCUT2D eigenvalue weighted by Crippen LogP contribution is 2.10. The van der Waals surface area contributed by atoms with Gasteiger partial charge in [-0.3, -0.25) is 9.80 Å². The van der Waals surface area contributed by atoms with Gasteiger partial charge in [-0.15, -0.1) is 0 Å². The average molecular weight is 212 g/mol. The van der Waals surface area contributed by atoms with Gasteiger partial charge in [0.2, 0.25) is 0 Å². The van der Waals surface area contributed by atoms with E-state index in [0.29, 0.717) is 12.6 Å². The molecule has 0 radical (unpaired) electrons. The number of carboxylic acid groups (broad SMARTS) is 1. The van der Waals surface area contributed by atoms with Gasteiger partial charge in [-0.05, 0) is 13.5 Å². The van der Waals surface area contributed by atoms with Crippen molar-refractivity contribution in [2.24, 2.45) is 0 Å². The Bertz CT molecular complexity index is 253. The molecule has 1 fully saturated rings. The van der Waals surface area contributed by atoms with Crippen LogP contribution in [0.25, 0.3) is 0 Å². The van der Waals surface area contributed by atoms with Crippen LogP contribution in [0.5, 0.6) is 0 Å². The third-order valence-corrected chi connectivity index (χ3v) is 2.97. The van der Waals surface area contributed by atoms with E-state index >= 15 is 0 Å². The first-order chi connectivity index (χ1) is 7.04. The molecule has 1 saturated heterocycles. The zero-order chi connectivity index (χ0) is 11.4. The molecule has 1 rings (SSSR count). The summed E-state index contributed by atoms with van der Waals surface area (Å²) in [6.45, 7) is 12.3. The number of hydrogen-bond acceptors (Lipinski definition) is 3. The van der Waals surface area contributed by atoms with Gasteiger partial charge in [0.1, 0.15) is 0 Å². The number of aliphatic carboxylic acids is 1. The summed E-state index contributed by atoms with van der Waals surface area (Å²) < 4.78 is 0. The Balaban J connectivity index is 2.41. The molecule has 1 heterocycles. The molecule has 0 spiro atoms. The maximum Gasteiger partial charge on any atom is 0.332 e. The minimum atomic E-state index is -0.888. The number of piperazine rings is 1. The van der Waals surface area contributed by atoms with Crippen molar-refractivity contribution in [3.05, 3.63) is 12.2 Å². The summed E-state index contributed by atoms with van der Waals surface area (Å²) in [6, 6.07) is 0.505. The average Bonchev–Trinajstić information content (AvgIpc) is 2.18. The molecule has 0 aromatic rings. The van der Waals surface area contributed by atoms with Crippen LogP contribution in [0.3, 0.4) is 0 Å². The molecule has 0 amide bonds. The van der Waals surface area contributed by atoms with Crippen molar-refractivity contribution in [3.8, 4) is 0 Å². The lowest BCUT2D eigenvalue weighted by Crippen LogP contribution is -2.52. The van der Waals surface area contributed by atoms with Gasteiger partial charge >= 0.3 is 5.97 Å². The second-order valence-electron chi connectivity index (χ2n) is 4.12. The van der Waals surface area contributed by atoms with Gasteiger partial charge in [-0.1, -0.05) is 13.5 Å². The molecular weight excluding hydrogens is 192 g/mol. The number of nitrogens with zero attached hydrogens (tertiary/aromatic N) is 2. The van der Waals surface area contributed by atoms with E-state index in [1.54, 1.807) is 0 Å². The molecular formula is C11H20N2O2. The Labute approximate surface area is 91.2 Å². The van der Waals surface area contributed by atoms with E-state index in [4.69, 9.17) is 5.11 Å². The molecule has 86 valence electrons. The Hall–Kier alpha value is -0.870. The molecule has 4 nitrogen and oxygen atoms in total. The topological polar surface area (TPSA) is 43.8 Å². The SMILES string of the molecule is C=C(CN1CCN(CC)C(C)C1)C(=O)O. The number of rotatable bonds is 4. The minimum absolute atomic E-state index is 0.284. The van der Waals surface area contributed by atoms with Crippen LogP contribution in [-0.4, -0.2) is 59.6 Å². The highest BCUT2D eigenvalue weighted by atomic mass is 16.4. The van der Waals surface area contributed by atoms with Crippen molar-refractivity contribution in [1.29, 1.82) is 0 Å². The van der Waals surface area contributed by atoms with Crippen LogP contribution in [0.1, 0.15) is 13.8 Å². The highest BCUT2D eigenvalue weighted by Gasteiger charge is 2.23. The molecule has 15 heavy (non-hydrogen) atoms. The standard InChI is InChI=1S/C11H20N2O2/c1-4-13-6-5-12(8-10(13)3)7-9(2)11(14)15/h10H,2,4-8H2,1,3H3,(H,14,15). The Morgan fingerprint density at radius 3 is 2.67 bits per heavy atom. The molecule has 0 saturated carbocycles. The van der Waals surface area contributed by atoms with Crippen molar-refractivity contribution in [1.82, 2.24) is 9.80 Å². The van der Waals surface area contributed by atoms with Gasteiger partial charge in [0.25, 0.3) is 0 Å². The van der Waals surface area contributed by atoms with E-state index in [9.17, 15) is 4.79 Å². The number of likely N-dealkylation sites (N-methyl/N-ethyl adjacent to an activating group) is 1. The van der Waals surface area contributed by atoms with Crippen molar-refractivity contribution in [3.63, 3.8) is 0 Å². The van der Waals surface area contributed by atoms with Crippen LogP contribution in [0, 0.1) is 0 Å². The molecule has 0 aliphatic carbocycles. The second-order valence-corrected chi connectivity index (χ2v) is 4.12. The van der Waals surface area contributed by atoms with E-state index in [2.05, 4.69) is 30.2 Å². The summed E-state index contributed by atoms with van der Waals surface area (Å²) >= 11 is 0. The lowest BCUT2D eigenvalue weighted by atomic mass is 10.1. The lowest BCUT2D eigenvalue weighted by Gasteiger charge is -2.39. The van der Waals surface area contributed by atoms with Crippen LogP contribution in [0.4, 0.5) is 0 Å². The van der Waals surface area contributed by atoms with Crippen molar-refractivity contribution < 1.29 is 9.90 Å². The normalized spacial score (nSPS) is 24.0. The van der Waals surface area contributed by atoms with Gasteiger partial charge in [0, 0.05) is 37.8 Å². The fourth-order valence-electron chi connectivity index (χ4n) is 2.02. The van der Waals surface area contributed by atoms with Gasteiger partial charge in [0.15, 0.2) is 0 Å². The van der Waals surface area contributed by atoms with Crippen molar-refractivity contribution >= 4 is 5.97 Å². The lowest BCUT2D eigenvalue weighted by molar-refractivity contribution is -0.133. The predicted octanol–water partition coefficient (Wildman–Crippen LogP) is 0.653. The molecule has 4 heteroatoms. The first-order valence-electron chi connectivity index (χ1n) is 5.42. The molecule has 1 N–H and O–H groups in total. The quantitative estimate of drug-likeness (QED) is 0.695. The van der Waals surface area contributed by atoms with Gasteiger partial charge in [0.05, 0.1) is 0 Å². The summed E-state index contributed by atoms with van der Waals surface area (Å²) in [7, 11) is 0. The Morgan fingerprint density at radius 2 is 2.20 bits per heavy atom. The molecule has 0 aromatic carbocycles. The van der Waals surface area contributed by atoms with E-state index < -0.39 is 5.97 Å². The van der Waals surface area contributed by atoms with E-state index in [1.807, 2.05) is 0 Å². The summed E-state index contributed by atoms with van der Waals surface area (Å²) in [5.41, 5.74) is 0.284. The van der Waals surface area contributed by atoms with Crippen LogP contribution in [0.2, 0.25) is 0 Å². The summed E-state index contributed by atoms with van der Waals surface area (Å²) in [6.07, 6.45) is 0. The first-order valence-corrected chi connectivity index (χ1v) is 5.42. The molecule has 0 bridgehead atoms. The van der Waals surface area contributed by atoms with E-state index in [1.165, 1.54) is 0 Å². The monoisotopic (exact) mass is 212 g/mol. The Kier molecular flexibility index (Phi) is 4.29. The molecule has 1 unspecified atom stereocenters. The minimum Gasteiger partial charge on any atom is -0.478 e. The van der Waals surface area contributed by atoms with Crippen LogP contribution in [-0.2, 0) is 4.79 Å². The molecule has 0 aromatic heterocycles. The largest absolute Gasteiger partial charge is 0.478 e. The summed E-state index contributed by atoms with van der Waals surface area (Å²) in [5, 5.41) is 8.74. The fraction of sp³-hybridized carbons (Fsp3) is 0.727. The molecule has 1 atom stereocenters. The summed E-state index contributed by atoms with van der Waals surface area (Å²) in [4.78, 5) is 15.2. The van der Waals surface area contributed by atoms with Crippen LogP contribution < -0.4 is 0 Å². The summed E-state index contributed by atoms with van der Waals surface area (Å²) in [5.74, 6) is -0.888. The van der Waals surface area contributed by atoms with Crippen LogP contribution >= 0.6 is 0 Å². The highest BCUT2D eigenvalue weighted by molar-refractivity contribution is 5.86. The third kappa shape index (κ3) is 3.32. The molecule has 1 aliphatic rings. The number of carbonyl (C=O) groups is 1. The zero-order valence-electron chi connectivity index (χ0n) is 9.57. The predicted molar refractivity (Wildman–Crippen MR) is 59.9 cm³/mol. The Morgan fingerprint density at radius 1 is 1.53 bits per heavy atom. The fourth-order valence-corrected chi connectivity index (χ4v) is 2.02. The zero-order valence-corrected chi connectivity index (χ0v) is 9.57. The number of carboxylic acids is 1. The van der Waals surface area contributed by atoms with E-state index in [0.717, 1.165) is 26.2 Å². The smallest absolute Gasteiger partial charge is 0.332 e. The van der Waals surface area contributed by atoms with Gasteiger partial charge < -0.3 is 5.11 Å². The van der Waals surface area contributed by atoms with Crippen LogP contribution in [0.15, 0.2) is 12.2 Å². The third-order valence-electron chi connectivity index (χ3n) is 2.97. The number of hydrogen-bond donors (Lipinski definition) is 1. The van der Waals surface area contributed by atoms with Crippen molar-refractivity contribution in [2.75, 3.05) is 32.7 Å². The first kappa shape index (κ1) is 12.2. The van der Waals surface area contributed by atoms with Crippen molar-refractivity contribution in [2.45, 2.75) is 19.9 Å². The van der Waals surface area contributed by atoms with Gasteiger partial charge in [-0.2, -0.15) is 0 Å².